The summed E-state index contributed by atoms with van der Waals surface area (Å²) in [6.45, 7) is 5.34. The van der Waals surface area contributed by atoms with E-state index in [1.807, 2.05) is 62.4 Å². The Morgan fingerprint density at radius 3 is 2.56 bits per heavy atom. The number of amides is 4. The van der Waals surface area contributed by atoms with Crippen LogP contribution in [0, 0.1) is 13.8 Å². The van der Waals surface area contributed by atoms with Crippen LogP contribution in [0.3, 0.4) is 0 Å². The first-order valence-electron chi connectivity index (χ1n) is 13.9. The van der Waals surface area contributed by atoms with Gasteiger partial charge in [0, 0.05) is 18.2 Å². The van der Waals surface area contributed by atoms with E-state index in [1.54, 1.807) is 42.0 Å². The zero-order valence-corrected chi connectivity index (χ0v) is 24.2. The predicted octanol–water partition coefficient (Wildman–Crippen LogP) is 4.77. The Morgan fingerprint density at radius 2 is 1.86 bits per heavy atom. The molecule has 0 aliphatic carbocycles. The maximum Gasteiger partial charge on any atom is 0.325 e. The minimum Gasteiger partial charge on any atom is -0.366 e. The zero-order chi connectivity index (χ0) is 30.4. The Morgan fingerprint density at radius 1 is 1.09 bits per heavy atom. The van der Waals surface area contributed by atoms with Gasteiger partial charge in [-0.3, -0.25) is 14.5 Å². The molecule has 0 spiro atoms. The molecule has 0 saturated carbocycles. The molecule has 0 saturated heterocycles. The number of carbonyl (C=O) groups excluding carboxylic acids is 3. The molecule has 1 aliphatic rings. The number of hydrogen-bond acceptors (Lipinski definition) is 6. The molecule has 0 fully saturated rings. The number of hydrogen-bond donors (Lipinski definition) is 3. The van der Waals surface area contributed by atoms with Gasteiger partial charge in [0.05, 0.1) is 34.5 Å². The van der Waals surface area contributed by atoms with E-state index in [-0.39, 0.29) is 18.5 Å². The van der Waals surface area contributed by atoms with Gasteiger partial charge in [0.2, 0.25) is 5.91 Å². The minimum atomic E-state index is -0.585. The highest BCUT2D eigenvalue weighted by Gasteiger charge is 2.38. The van der Waals surface area contributed by atoms with Crippen molar-refractivity contribution in [3.8, 4) is 11.1 Å². The van der Waals surface area contributed by atoms with Crippen LogP contribution < -0.4 is 16.0 Å². The lowest BCUT2D eigenvalue weighted by molar-refractivity contribution is -0.122. The van der Waals surface area contributed by atoms with Crippen molar-refractivity contribution in [1.82, 2.24) is 25.3 Å². The van der Waals surface area contributed by atoms with Crippen molar-refractivity contribution in [2.45, 2.75) is 32.9 Å². The second kappa shape index (κ2) is 10.8. The number of para-hydroxylation sites is 1. The third kappa shape index (κ3) is 4.88. The number of nitrogens with one attached hydrogen (secondary N) is 2. The fourth-order valence-electron chi connectivity index (χ4n) is 5.82. The van der Waals surface area contributed by atoms with Crippen molar-refractivity contribution in [3.63, 3.8) is 0 Å². The SMILES string of the molecule is Cc1noc(C)c1-c1ccc2c(c1)C(c1ccccc1)N(CC(=O)N[C@@H](C)c1nc3c(C(N)=O)cccc3[nH]1)C(=O)N2C. The number of benzene rings is 3. The Hall–Kier alpha value is -5.45. The molecule has 5 aromatic rings. The number of carbonyl (C=O) groups is 3. The summed E-state index contributed by atoms with van der Waals surface area (Å²) in [5.74, 6) is 0.217. The maximum atomic E-state index is 13.8. The van der Waals surface area contributed by atoms with Crippen molar-refractivity contribution in [2.75, 3.05) is 18.5 Å². The van der Waals surface area contributed by atoms with Gasteiger partial charge in [-0.2, -0.15) is 0 Å². The van der Waals surface area contributed by atoms with Gasteiger partial charge >= 0.3 is 6.03 Å². The van der Waals surface area contributed by atoms with Crippen molar-refractivity contribution in [2.24, 2.45) is 5.73 Å². The molecule has 1 unspecified atom stereocenters. The molecule has 0 radical (unpaired) electrons. The van der Waals surface area contributed by atoms with E-state index in [1.165, 1.54) is 0 Å². The van der Waals surface area contributed by atoms with Gasteiger partial charge in [0.1, 0.15) is 23.6 Å². The van der Waals surface area contributed by atoms with Crippen LogP contribution in [0.2, 0.25) is 0 Å². The summed E-state index contributed by atoms with van der Waals surface area (Å²) in [5, 5.41) is 7.06. The Kier molecular flexibility index (Phi) is 6.93. The fourth-order valence-corrected chi connectivity index (χ4v) is 5.82. The van der Waals surface area contributed by atoms with Gasteiger partial charge in [0.15, 0.2) is 0 Å². The minimum absolute atomic E-state index is 0.200. The second-order valence-corrected chi connectivity index (χ2v) is 10.7. The van der Waals surface area contributed by atoms with Crippen LogP contribution in [0.15, 0.2) is 71.3 Å². The van der Waals surface area contributed by atoms with Gasteiger partial charge in [-0.25, -0.2) is 9.78 Å². The molecule has 3 aromatic carbocycles. The molecular weight excluding hydrogens is 546 g/mol. The van der Waals surface area contributed by atoms with Gasteiger partial charge in [-0.1, -0.05) is 47.6 Å². The number of aromatic amines is 1. The third-order valence-corrected chi connectivity index (χ3v) is 7.86. The topological polar surface area (TPSA) is 150 Å². The van der Waals surface area contributed by atoms with E-state index in [0.29, 0.717) is 28.2 Å². The average Bonchev–Trinajstić information content (AvgIpc) is 3.58. The molecule has 0 bridgehead atoms. The standard InChI is InChI=1S/C32H31N7O4/c1-17-27(19(3)43-37-17)21-13-14-25-23(15-21)29(20-9-6-5-7-10-20)39(32(42)38(25)4)16-26(40)34-18(2)31-35-24-12-8-11-22(30(33)41)28(24)36-31/h5-15,18,29H,16H2,1-4H3,(H2,33,41)(H,34,40)(H,35,36)/t18-,29?/m0/s1. The van der Waals surface area contributed by atoms with Crippen LogP contribution in [0.5, 0.6) is 0 Å². The van der Waals surface area contributed by atoms with Crippen LogP contribution in [0.4, 0.5) is 10.5 Å². The predicted molar refractivity (Wildman–Crippen MR) is 161 cm³/mol. The van der Waals surface area contributed by atoms with Crippen molar-refractivity contribution in [3.05, 3.63) is 101 Å². The summed E-state index contributed by atoms with van der Waals surface area (Å²) >= 11 is 0. The van der Waals surface area contributed by atoms with Crippen molar-refractivity contribution in [1.29, 1.82) is 0 Å². The van der Waals surface area contributed by atoms with E-state index in [0.717, 1.165) is 33.6 Å². The quantitative estimate of drug-likeness (QED) is 0.254. The highest BCUT2D eigenvalue weighted by Crippen LogP contribution is 2.42. The summed E-state index contributed by atoms with van der Waals surface area (Å²) in [6.07, 6.45) is 0. The first-order chi connectivity index (χ1) is 20.6. The highest BCUT2D eigenvalue weighted by molar-refractivity contribution is 6.04. The first kappa shape index (κ1) is 27.7. The molecule has 3 heterocycles. The van der Waals surface area contributed by atoms with Gasteiger partial charge in [0.25, 0.3) is 5.91 Å². The summed E-state index contributed by atoms with van der Waals surface area (Å²) in [5.41, 5.74) is 12.0. The van der Waals surface area contributed by atoms with E-state index in [2.05, 4.69) is 20.4 Å². The zero-order valence-electron chi connectivity index (χ0n) is 24.2. The molecule has 11 heteroatoms. The Balaban J connectivity index is 1.33. The number of aromatic nitrogens is 3. The number of urea groups is 1. The molecule has 1 aliphatic heterocycles. The lowest BCUT2D eigenvalue weighted by atomic mass is 9.90. The Bertz CT molecular complexity index is 1860. The molecule has 6 rings (SSSR count). The first-order valence-corrected chi connectivity index (χ1v) is 13.9. The average molecular weight is 578 g/mol. The van der Waals surface area contributed by atoms with Crippen LogP contribution in [-0.2, 0) is 4.79 Å². The van der Waals surface area contributed by atoms with E-state index >= 15 is 0 Å². The molecule has 11 nitrogen and oxygen atoms in total. The number of nitrogens with zero attached hydrogens (tertiary/aromatic N) is 4. The normalized spacial score (nSPS) is 15.4. The van der Waals surface area contributed by atoms with Crippen molar-refractivity contribution < 1.29 is 18.9 Å². The number of H-pyrrole nitrogens is 1. The highest BCUT2D eigenvalue weighted by atomic mass is 16.5. The molecule has 218 valence electrons. The number of fused-ring (bicyclic) bond motifs is 2. The number of anilines is 1. The Labute approximate surface area is 247 Å². The number of primary amides is 1. The van der Waals surface area contributed by atoms with Gasteiger partial charge < -0.3 is 25.5 Å². The van der Waals surface area contributed by atoms with Crippen LogP contribution >= 0.6 is 0 Å². The summed E-state index contributed by atoms with van der Waals surface area (Å²) in [4.78, 5) is 50.0. The van der Waals surface area contributed by atoms with Gasteiger partial charge in [-0.15, -0.1) is 0 Å². The van der Waals surface area contributed by atoms with E-state index in [4.69, 9.17) is 10.3 Å². The summed E-state index contributed by atoms with van der Waals surface area (Å²) in [7, 11) is 1.70. The third-order valence-electron chi connectivity index (χ3n) is 7.86. The van der Waals surface area contributed by atoms with Crippen LogP contribution in [-0.4, -0.2) is 51.5 Å². The smallest absolute Gasteiger partial charge is 0.325 e. The second-order valence-electron chi connectivity index (χ2n) is 10.7. The van der Waals surface area contributed by atoms with Gasteiger partial charge in [-0.05, 0) is 56.2 Å². The fraction of sp³-hybridized carbons (Fsp3) is 0.219. The number of aryl methyl sites for hydroxylation is 2. The lowest BCUT2D eigenvalue weighted by Gasteiger charge is -2.41. The van der Waals surface area contributed by atoms with Crippen molar-refractivity contribution >= 4 is 34.6 Å². The molecular formula is C32H31N7O4. The summed E-state index contributed by atoms with van der Waals surface area (Å²) in [6, 6.07) is 19.3. The van der Waals surface area contributed by atoms with Crippen LogP contribution in [0.25, 0.3) is 22.2 Å². The molecule has 4 amide bonds. The van der Waals surface area contributed by atoms with E-state index < -0.39 is 18.0 Å². The maximum absolute atomic E-state index is 13.8. The lowest BCUT2D eigenvalue weighted by Crippen LogP contribution is -2.51. The van der Waals surface area contributed by atoms with E-state index in [9.17, 15) is 14.4 Å². The number of imidazole rings is 1. The number of nitrogens with two attached hydrogens (primary N) is 1. The number of rotatable bonds is 7. The summed E-state index contributed by atoms with van der Waals surface area (Å²) < 4.78 is 5.42. The largest absolute Gasteiger partial charge is 0.366 e. The molecule has 2 aromatic heterocycles. The molecule has 2 atom stereocenters. The molecule has 43 heavy (non-hydrogen) atoms. The molecule has 4 N–H and O–H groups in total. The monoisotopic (exact) mass is 577 g/mol. The van der Waals surface area contributed by atoms with Crippen LogP contribution in [0.1, 0.15) is 57.8 Å².